The Balaban J connectivity index is 1.46. The van der Waals surface area contributed by atoms with Crippen molar-refractivity contribution in [2.75, 3.05) is 23.3 Å². The molecule has 6 heteroatoms. The molecule has 2 heterocycles. The van der Waals surface area contributed by atoms with Gasteiger partial charge in [0.25, 0.3) is 0 Å². The van der Waals surface area contributed by atoms with Crippen molar-refractivity contribution in [2.24, 2.45) is 5.92 Å². The molecule has 0 aliphatic carbocycles. The molecule has 6 nitrogen and oxygen atoms in total. The van der Waals surface area contributed by atoms with Gasteiger partial charge < -0.3 is 10.2 Å². The molecule has 2 aromatic carbocycles. The van der Waals surface area contributed by atoms with Crippen molar-refractivity contribution in [3.05, 3.63) is 72.6 Å². The molecule has 1 aliphatic rings. The van der Waals surface area contributed by atoms with Crippen LogP contribution in [0.2, 0.25) is 0 Å². The number of carbonyl (C=O) groups is 2. The van der Waals surface area contributed by atoms with Crippen molar-refractivity contribution in [1.29, 1.82) is 0 Å². The van der Waals surface area contributed by atoms with E-state index in [1.54, 1.807) is 24.5 Å². The summed E-state index contributed by atoms with van der Waals surface area (Å²) in [6.45, 7) is 2.98. The number of benzene rings is 2. The van der Waals surface area contributed by atoms with Crippen molar-refractivity contribution in [3.63, 3.8) is 0 Å². The van der Waals surface area contributed by atoms with Gasteiger partial charge >= 0.3 is 0 Å². The van der Waals surface area contributed by atoms with Gasteiger partial charge in [0, 0.05) is 36.0 Å². The number of piperidine rings is 1. The van der Waals surface area contributed by atoms with E-state index in [0.717, 1.165) is 36.5 Å². The number of nitrogens with zero attached hydrogens (tertiary/aromatic N) is 3. The van der Waals surface area contributed by atoms with Crippen LogP contribution in [-0.2, 0) is 4.79 Å². The maximum absolute atomic E-state index is 12.9. The van der Waals surface area contributed by atoms with E-state index in [1.165, 1.54) is 6.92 Å². The molecule has 152 valence electrons. The Hall–Kier alpha value is -3.54. The van der Waals surface area contributed by atoms with E-state index in [0.29, 0.717) is 17.8 Å². The third-order valence-corrected chi connectivity index (χ3v) is 5.38. The molecular formula is C24H24N4O2. The molecule has 0 bridgehead atoms. The minimum atomic E-state index is -0.144. The lowest BCUT2D eigenvalue weighted by Crippen LogP contribution is -2.41. The van der Waals surface area contributed by atoms with Gasteiger partial charge in [0.1, 0.15) is 12.1 Å². The van der Waals surface area contributed by atoms with Crippen LogP contribution >= 0.6 is 0 Å². The molecule has 30 heavy (non-hydrogen) atoms. The zero-order chi connectivity index (χ0) is 20.9. The van der Waals surface area contributed by atoms with E-state index in [4.69, 9.17) is 0 Å². The summed E-state index contributed by atoms with van der Waals surface area (Å²) in [6, 6.07) is 19.0. The molecule has 3 aromatic rings. The predicted octanol–water partition coefficient (Wildman–Crippen LogP) is 4.20. The number of rotatable bonds is 5. The molecule has 4 rings (SSSR count). The van der Waals surface area contributed by atoms with E-state index in [2.05, 4.69) is 20.2 Å². The molecule has 1 unspecified atom stereocenters. The van der Waals surface area contributed by atoms with Gasteiger partial charge in [0.05, 0.1) is 11.6 Å². The van der Waals surface area contributed by atoms with Crippen LogP contribution in [0.1, 0.15) is 30.1 Å². The highest BCUT2D eigenvalue weighted by atomic mass is 16.2. The van der Waals surface area contributed by atoms with Crippen LogP contribution in [-0.4, -0.2) is 34.7 Å². The van der Waals surface area contributed by atoms with E-state index >= 15 is 0 Å². The molecular weight excluding hydrogens is 376 g/mol. The Morgan fingerprint density at radius 2 is 1.87 bits per heavy atom. The lowest BCUT2D eigenvalue weighted by molar-refractivity contribution is -0.120. The Kier molecular flexibility index (Phi) is 5.84. The van der Waals surface area contributed by atoms with Gasteiger partial charge in [-0.2, -0.15) is 0 Å². The number of Topliss-reactive ketones (excluding diaryl/α,β-unsaturated/α-hetero) is 1. The minimum Gasteiger partial charge on any atom is -0.356 e. The molecule has 0 radical (unpaired) electrons. The molecule has 1 aliphatic heterocycles. The summed E-state index contributed by atoms with van der Waals surface area (Å²) in [4.78, 5) is 35.4. The van der Waals surface area contributed by atoms with Gasteiger partial charge in [-0.3, -0.25) is 9.59 Å². The number of nitrogens with one attached hydrogen (secondary N) is 1. The third kappa shape index (κ3) is 4.54. The molecule has 1 amide bonds. The van der Waals surface area contributed by atoms with Gasteiger partial charge in [0.15, 0.2) is 5.78 Å². The molecule has 0 spiro atoms. The van der Waals surface area contributed by atoms with Crippen LogP contribution in [0, 0.1) is 5.92 Å². The maximum Gasteiger partial charge on any atom is 0.229 e. The van der Waals surface area contributed by atoms with E-state index in [9.17, 15) is 9.59 Å². The monoisotopic (exact) mass is 400 g/mol. The Labute approximate surface area is 176 Å². The van der Waals surface area contributed by atoms with Crippen LogP contribution in [0.5, 0.6) is 0 Å². The molecule has 1 fully saturated rings. The summed E-state index contributed by atoms with van der Waals surface area (Å²) in [6.07, 6.45) is 3.32. The van der Waals surface area contributed by atoms with Gasteiger partial charge in [-0.15, -0.1) is 0 Å². The van der Waals surface area contributed by atoms with Crippen molar-refractivity contribution < 1.29 is 9.59 Å². The molecule has 1 atom stereocenters. The Morgan fingerprint density at radius 1 is 1.03 bits per heavy atom. The summed E-state index contributed by atoms with van der Waals surface area (Å²) < 4.78 is 0. The highest BCUT2D eigenvalue weighted by Gasteiger charge is 2.27. The first-order chi connectivity index (χ1) is 14.6. The summed E-state index contributed by atoms with van der Waals surface area (Å²) in [5.41, 5.74) is 3.15. The summed E-state index contributed by atoms with van der Waals surface area (Å²) >= 11 is 0. The quantitative estimate of drug-likeness (QED) is 0.650. The second-order valence-electron chi connectivity index (χ2n) is 7.54. The third-order valence-electron chi connectivity index (χ3n) is 5.38. The first kappa shape index (κ1) is 19.8. The van der Waals surface area contributed by atoms with Crippen LogP contribution in [0.15, 0.2) is 67.0 Å². The largest absolute Gasteiger partial charge is 0.356 e. The smallest absolute Gasteiger partial charge is 0.229 e. The van der Waals surface area contributed by atoms with Crippen molar-refractivity contribution >= 4 is 23.2 Å². The van der Waals surface area contributed by atoms with E-state index in [-0.39, 0.29) is 17.6 Å². The first-order valence-electron chi connectivity index (χ1n) is 10.1. The highest BCUT2D eigenvalue weighted by molar-refractivity contribution is 5.97. The van der Waals surface area contributed by atoms with Gasteiger partial charge in [-0.25, -0.2) is 9.97 Å². The lowest BCUT2D eigenvalue weighted by Gasteiger charge is -2.33. The van der Waals surface area contributed by atoms with E-state index in [1.807, 2.05) is 42.5 Å². The first-order valence-corrected chi connectivity index (χ1v) is 10.1. The number of hydrogen-bond acceptors (Lipinski definition) is 5. The Bertz CT molecular complexity index is 1050. The van der Waals surface area contributed by atoms with E-state index < -0.39 is 0 Å². The minimum absolute atomic E-state index is 0.0204. The summed E-state index contributed by atoms with van der Waals surface area (Å²) in [7, 11) is 0. The number of carbonyl (C=O) groups excluding carboxylic acids is 2. The standard InChI is InChI=1S/C24H24N4O2/c1-17(29)19-9-5-11-21(13-19)27-24(30)20-10-6-12-28(15-20)23-14-22(25-16-26-23)18-7-3-2-4-8-18/h2-5,7-9,11,13-14,16,20H,6,10,12,15H2,1H3,(H,27,30). The van der Waals surface area contributed by atoms with Gasteiger partial charge in [-0.05, 0) is 31.9 Å². The van der Waals surface area contributed by atoms with Crippen molar-refractivity contribution in [1.82, 2.24) is 9.97 Å². The Morgan fingerprint density at radius 3 is 2.67 bits per heavy atom. The highest BCUT2D eigenvalue weighted by Crippen LogP contribution is 2.26. The number of anilines is 2. The van der Waals surface area contributed by atoms with Crippen LogP contribution in [0.25, 0.3) is 11.3 Å². The van der Waals surface area contributed by atoms with Crippen LogP contribution in [0.4, 0.5) is 11.5 Å². The van der Waals surface area contributed by atoms with Crippen molar-refractivity contribution in [2.45, 2.75) is 19.8 Å². The normalized spacial score (nSPS) is 16.2. The van der Waals surface area contributed by atoms with Crippen molar-refractivity contribution in [3.8, 4) is 11.3 Å². The number of hydrogen-bond donors (Lipinski definition) is 1. The average Bonchev–Trinajstić information content (AvgIpc) is 2.80. The second kappa shape index (κ2) is 8.86. The number of ketones is 1. The van der Waals surface area contributed by atoms with Crippen LogP contribution in [0.3, 0.4) is 0 Å². The molecule has 0 saturated carbocycles. The second-order valence-corrected chi connectivity index (χ2v) is 7.54. The number of amides is 1. The molecule has 1 aromatic heterocycles. The SMILES string of the molecule is CC(=O)c1cccc(NC(=O)C2CCCN(c3cc(-c4ccccc4)ncn3)C2)c1. The maximum atomic E-state index is 12.9. The molecule has 1 N–H and O–H groups in total. The summed E-state index contributed by atoms with van der Waals surface area (Å²) in [5.74, 6) is 0.639. The summed E-state index contributed by atoms with van der Waals surface area (Å²) in [5, 5.41) is 2.97. The fourth-order valence-electron chi connectivity index (χ4n) is 3.75. The predicted molar refractivity (Wildman–Crippen MR) is 117 cm³/mol. The lowest BCUT2D eigenvalue weighted by atomic mass is 9.96. The number of aromatic nitrogens is 2. The average molecular weight is 400 g/mol. The van der Waals surface area contributed by atoms with Crippen LogP contribution < -0.4 is 10.2 Å². The van der Waals surface area contributed by atoms with Gasteiger partial charge in [0.2, 0.25) is 5.91 Å². The fourth-order valence-corrected chi connectivity index (χ4v) is 3.75. The zero-order valence-electron chi connectivity index (χ0n) is 16.9. The fraction of sp³-hybridized carbons (Fsp3) is 0.250. The molecule has 1 saturated heterocycles. The topological polar surface area (TPSA) is 75.2 Å². The van der Waals surface area contributed by atoms with Gasteiger partial charge in [-0.1, -0.05) is 42.5 Å². The zero-order valence-corrected chi connectivity index (χ0v) is 16.9.